The molecule has 0 heterocycles. The summed E-state index contributed by atoms with van der Waals surface area (Å²) in [6.45, 7) is 19.4. The van der Waals surface area contributed by atoms with Gasteiger partial charge in [0.15, 0.2) is 0 Å². The van der Waals surface area contributed by atoms with Gasteiger partial charge < -0.3 is 19.1 Å². The third kappa shape index (κ3) is 12.0. The molecule has 0 aromatic carbocycles. The van der Waals surface area contributed by atoms with Gasteiger partial charge in [-0.3, -0.25) is 0 Å². The Balaban J connectivity index is 1.11. The Kier molecular flexibility index (Phi) is 18.2. The van der Waals surface area contributed by atoms with Crippen LogP contribution in [-0.4, -0.2) is 64.2 Å². The SMILES string of the molecule is CCCCCCCCOC[C@@H](CN(C)C)OCCCCCCOC1CC[C@@]2(C)C(=CC[C@H]3[C@@H]4CC[C@H]([C@H](C)CCCC(C)C)[C@@]4(C)CC[C@@H]32)C1. The molecule has 0 aromatic heterocycles. The van der Waals surface area contributed by atoms with Crippen molar-refractivity contribution in [3.63, 3.8) is 0 Å². The molecule has 4 aliphatic carbocycles. The zero-order chi connectivity index (χ0) is 36.0. The van der Waals surface area contributed by atoms with Gasteiger partial charge in [0.05, 0.1) is 18.8 Å². The first-order chi connectivity index (χ1) is 24.1. The molecule has 0 bridgehead atoms. The van der Waals surface area contributed by atoms with Gasteiger partial charge in [-0.2, -0.15) is 0 Å². The Labute approximate surface area is 312 Å². The molecule has 0 radical (unpaired) electrons. The van der Waals surface area contributed by atoms with E-state index in [9.17, 15) is 0 Å². The summed E-state index contributed by atoms with van der Waals surface area (Å²) >= 11 is 0. The fourth-order valence-corrected chi connectivity index (χ4v) is 11.6. The molecule has 3 saturated carbocycles. The highest BCUT2D eigenvalue weighted by molar-refractivity contribution is 5.25. The highest BCUT2D eigenvalue weighted by Crippen LogP contribution is 2.67. The molecule has 292 valence electrons. The van der Waals surface area contributed by atoms with Gasteiger partial charge in [-0.25, -0.2) is 0 Å². The average molecular weight is 700 g/mol. The first-order valence-corrected chi connectivity index (χ1v) is 22.2. The van der Waals surface area contributed by atoms with Crippen molar-refractivity contribution in [3.8, 4) is 0 Å². The maximum absolute atomic E-state index is 6.57. The smallest absolute Gasteiger partial charge is 0.0934 e. The second-order valence-electron chi connectivity index (χ2n) is 19.0. The second-order valence-corrected chi connectivity index (χ2v) is 19.0. The van der Waals surface area contributed by atoms with Gasteiger partial charge in [0, 0.05) is 26.4 Å². The predicted octanol–water partition coefficient (Wildman–Crippen LogP) is 12.3. The van der Waals surface area contributed by atoms with Crippen LogP contribution in [0.2, 0.25) is 0 Å². The topological polar surface area (TPSA) is 30.9 Å². The van der Waals surface area contributed by atoms with Crippen LogP contribution in [-0.2, 0) is 14.2 Å². The van der Waals surface area contributed by atoms with E-state index in [1.165, 1.54) is 128 Å². The van der Waals surface area contributed by atoms with Crippen molar-refractivity contribution in [3.05, 3.63) is 11.6 Å². The molecule has 4 nitrogen and oxygen atoms in total. The Morgan fingerprint density at radius 2 is 1.50 bits per heavy atom. The summed E-state index contributed by atoms with van der Waals surface area (Å²) < 4.78 is 18.9. The fourth-order valence-electron chi connectivity index (χ4n) is 11.6. The summed E-state index contributed by atoms with van der Waals surface area (Å²) in [4.78, 5) is 2.22. The quantitative estimate of drug-likeness (QED) is 0.0701. The van der Waals surface area contributed by atoms with E-state index in [4.69, 9.17) is 14.2 Å². The normalized spacial score (nSPS) is 32.1. The van der Waals surface area contributed by atoms with Crippen LogP contribution in [0.5, 0.6) is 0 Å². The minimum absolute atomic E-state index is 0.177. The van der Waals surface area contributed by atoms with E-state index < -0.39 is 0 Å². The first kappa shape index (κ1) is 42.3. The van der Waals surface area contributed by atoms with Crippen LogP contribution in [0, 0.1) is 46.3 Å². The molecule has 0 aliphatic heterocycles. The number of rotatable bonds is 25. The number of hydrogen-bond acceptors (Lipinski definition) is 4. The Morgan fingerprint density at radius 3 is 2.24 bits per heavy atom. The number of hydrogen-bond donors (Lipinski definition) is 0. The molecule has 1 unspecified atom stereocenters. The number of likely N-dealkylation sites (N-methyl/N-ethyl adjacent to an activating group) is 1. The lowest BCUT2D eigenvalue weighted by molar-refractivity contribution is -0.0641. The molecule has 0 saturated heterocycles. The standard InChI is InChI=1S/C46H85NO3/c1-9-10-11-12-13-16-30-48-35-40(34-47(7)8)50-32-18-15-14-17-31-49-39-26-28-45(5)38(33-39)22-23-41-43-25-24-42(37(4)21-19-20-36(2)3)46(43,6)29-27-44(41)45/h22,36-37,39-44H,9-21,23-35H2,1-8H3/t37-,39?,40-,41+,42-,43+,44+,45+,46-/m1/s1. The first-order valence-electron chi connectivity index (χ1n) is 22.2. The third-order valence-electron chi connectivity index (χ3n) is 14.5. The molecular weight excluding hydrogens is 615 g/mol. The Bertz CT molecular complexity index is 963. The van der Waals surface area contributed by atoms with Crippen LogP contribution in [0.25, 0.3) is 0 Å². The lowest BCUT2D eigenvalue weighted by Gasteiger charge is -2.58. The van der Waals surface area contributed by atoms with Gasteiger partial charge in [0.1, 0.15) is 0 Å². The highest BCUT2D eigenvalue weighted by Gasteiger charge is 2.59. The van der Waals surface area contributed by atoms with E-state index >= 15 is 0 Å². The monoisotopic (exact) mass is 700 g/mol. The van der Waals surface area contributed by atoms with Crippen molar-refractivity contribution in [2.45, 2.75) is 189 Å². The minimum Gasteiger partial charge on any atom is -0.379 e. The molecule has 0 aromatic rings. The molecular formula is C46H85NO3. The van der Waals surface area contributed by atoms with Crippen molar-refractivity contribution in [1.82, 2.24) is 4.90 Å². The largest absolute Gasteiger partial charge is 0.379 e. The third-order valence-corrected chi connectivity index (χ3v) is 14.5. The summed E-state index contributed by atoms with van der Waals surface area (Å²) in [6.07, 6.45) is 31.4. The van der Waals surface area contributed by atoms with Crippen LogP contribution in [0.15, 0.2) is 11.6 Å². The Morgan fingerprint density at radius 1 is 0.780 bits per heavy atom. The lowest BCUT2D eigenvalue weighted by Crippen LogP contribution is -2.51. The second kappa shape index (κ2) is 21.5. The Hall–Kier alpha value is -0.420. The van der Waals surface area contributed by atoms with Crippen molar-refractivity contribution in [2.75, 3.05) is 47.1 Å². The summed E-state index contributed by atoms with van der Waals surface area (Å²) in [6, 6.07) is 0. The van der Waals surface area contributed by atoms with Crippen LogP contribution in [0.1, 0.15) is 176 Å². The van der Waals surface area contributed by atoms with Gasteiger partial charge in [-0.15, -0.1) is 0 Å². The van der Waals surface area contributed by atoms with Crippen molar-refractivity contribution < 1.29 is 14.2 Å². The van der Waals surface area contributed by atoms with E-state index in [1.54, 1.807) is 5.57 Å². The van der Waals surface area contributed by atoms with Crippen molar-refractivity contribution >= 4 is 0 Å². The van der Waals surface area contributed by atoms with Crippen molar-refractivity contribution in [1.29, 1.82) is 0 Å². The lowest BCUT2D eigenvalue weighted by atomic mass is 9.47. The molecule has 4 heteroatoms. The van der Waals surface area contributed by atoms with Crippen LogP contribution < -0.4 is 0 Å². The molecule has 0 N–H and O–H groups in total. The maximum Gasteiger partial charge on any atom is 0.0934 e. The van der Waals surface area contributed by atoms with Gasteiger partial charge in [0.2, 0.25) is 0 Å². The fraction of sp³-hybridized carbons (Fsp3) is 0.957. The number of nitrogens with zero attached hydrogens (tertiary/aromatic N) is 1. The number of fused-ring (bicyclic) bond motifs is 5. The van der Waals surface area contributed by atoms with E-state index in [-0.39, 0.29) is 6.10 Å². The zero-order valence-corrected chi connectivity index (χ0v) is 34.8. The summed E-state index contributed by atoms with van der Waals surface area (Å²) in [5.74, 6) is 5.48. The van der Waals surface area contributed by atoms with Gasteiger partial charge >= 0.3 is 0 Å². The number of allylic oxidation sites excluding steroid dienone is 1. The highest BCUT2D eigenvalue weighted by atomic mass is 16.5. The van der Waals surface area contributed by atoms with E-state index in [0.717, 1.165) is 74.9 Å². The van der Waals surface area contributed by atoms with E-state index in [2.05, 4.69) is 66.6 Å². The predicted molar refractivity (Wildman–Crippen MR) is 214 cm³/mol. The molecule has 9 atom stereocenters. The van der Waals surface area contributed by atoms with E-state index in [1.807, 2.05) is 0 Å². The summed E-state index contributed by atoms with van der Waals surface area (Å²) in [5, 5.41) is 0. The van der Waals surface area contributed by atoms with Crippen LogP contribution in [0.4, 0.5) is 0 Å². The minimum atomic E-state index is 0.177. The van der Waals surface area contributed by atoms with Crippen LogP contribution >= 0.6 is 0 Å². The number of ether oxygens (including phenoxy) is 3. The molecule has 50 heavy (non-hydrogen) atoms. The van der Waals surface area contributed by atoms with Gasteiger partial charge in [-0.1, -0.05) is 117 Å². The molecule has 0 spiro atoms. The van der Waals surface area contributed by atoms with E-state index in [0.29, 0.717) is 16.9 Å². The molecule has 3 fully saturated rings. The van der Waals surface area contributed by atoms with Gasteiger partial charge in [-0.05, 0) is 131 Å². The van der Waals surface area contributed by atoms with Crippen LogP contribution in [0.3, 0.4) is 0 Å². The maximum atomic E-state index is 6.57. The summed E-state index contributed by atoms with van der Waals surface area (Å²) in [5.41, 5.74) is 2.78. The molecule has 0 amide bonds. The summed E-state index contributed by atoms with van der Waals surface area (Å²) in [7, 11) is 4.26. The number of unbranched alkanes of at least 4 members (excludes halogenated alkanes) is 8. The zero-order valence-electron chi connectivity index (χ0n) is 34.8. The average Bonchev–Trinajstić information content (AvgIpc) is 3.44. The van der Waals surface area contributed by atoms with Crippen molar-refractivity contribution in [2.24, 2.45) is 46.3 Å². The molecule has 4 aliphatic rings. The van der Waals surface area contributed by atoms with Gasteiger partial charge in [0.25, 0.3) is 0 Å². The molecule has 4 rings (SSSR count).